The second-order valence-corrected chi connectivity index (χ2v) is 15.5. The van der Waals surface area contributed by atoms with Crippen LogP contribution in [0.4, 0.5) is 0 Å². The Balaban J connectivity index is 1.04. The Bertz CT molecular complexity index is 3120. The van der Waals surface area contributed by atoms with Crippen LogP contribution >= 0.6 is 0 Å². The Morgan fingerprint density at radius 1 is 0.293 bits per heavy atom. The van der Waals surface area contributed by atoms with Gasteiger partial charge in [-0.05, 0) is 123 Å². The number of hydrogen-bond donors (Lipinski definition) is 0. The summed E-state index contributed by atoms with van der Waals surface area (Å²) in [6.45, 7) is 0. The van der Waals surface area contributed by atoms with E-state index in [0.717, 1.165) is 6.42 Å². The second kappa shape index (κ2) is 14.3. The summed E-state index contributed by atoms with van der Waals surface area (Å²) in [5.41, 5.74) is 14.0. The van der Waals surface area contributed by atoms with Gasteiger partial charge < -0.3 is 0 Å². The van der Waals surface area contributed by atoms with Crippen LogP contribution in [0.1, 0.15) is 23.5 Å². The molecule has 10 aromatic carbocycles. The molecule has 0 bridgehead atoms. The van der Waals surface area contributed by atoms with Crippen LogP contribution in [-0.4, -0.2) is 0 Å². The van der Waals surface area contributed by atoms with Gasteiger partial charge >= 0.3 is 0 Å². The molecule has 1 unspecified atom stereocenters. The molecule has 0 spiro atoms. The summed E-state index contributed by atoms with van der Waals surface area (Å²) < 4.78 is 0. The summed E-state index contributed by atoms with van der Waals surface area (Å²) in [6.07, 6.45) is 8.29. The summed E-state index contributed by atoms with van der Waals surface area (Å²) in [6, 6.07) is 75.6. The normalized spacial score (nSPS) is 14.0. The Hall–Kier alpha value is -7.28. The summed E-state index contributed by atoms with van der Waals surface area (Å²) in [4.78, 5) is 0. The molecule has 1 aliphatic carbocycles. The minimum Gasteiger partial charge on any atom is -0.0760 e. The highest BCUT2D eigenvalue weighted by molar-refractivity contribution is 6.20. The first-order valence-electron chi connectivity index (χ1n) is 20.4. The van der Waals surface area contributed by atoms with Crippen molar-refractivity contribution in [1.82, 2.24) is 0 Å². The molecule has 272 valence electrons. The fraction of sp³-hybridized carbons (Fsp3) is 0.0345. The smallest absolute Gasteiger partial charge is 0.00684 e. The van der Waals surface area contributed by atoms with Crippen molar-refractivity contribution in [2.24, 2.45) is 0 Å². The number of fused-ring (bicyclic) bond motifs is 4. The van der Waals surface area contributed by atoms with Crippen LogP contribution in [0.25, 0.3) is 93.2 Å². The van der Waals surface area contributed by atoms with Crippen molar-refractivity contribution in [3.8, 4) is 44.5 Å². The van der Waals surface area contributed by atoms with Crippen molar-refractivity contribution in [3.63, 3.8) is 0 Å². The predicted molar refractivity (Wildman–Crippen MR) is 249 cm³/mol. The van der Waals surface area contributed by atoms with Gasteiger partial charge in [-0.15, -0.1) is 0 Å². The first-order chi connectivity index (χ1) is 28.8. The van der Waals surface area contributed by atoms with Crippen molar-refractivity contribution < 1.29 is 0 Å². The minimum atomic E-state index is 0.237. The van der Waals surface area contributed by atoms with E-state index >= 15 is 0 Å². The van der Waals surface area contributed by atoms with E-state index in [1.807, 2.05) is 0 Å². The maximum Gasteiger partial charge on any atom is 0.00684 e. The highest BCUT2D eigenvalue weighted by Gasteiger charge is 2.23. The van der Waals surface area contributed by atoms with Gasteiger partial charge in [0.2, 0.25) is 0 Å². The van der Waals surface area contributed by atoms with Crippen molar-refractivity contribution in [1.29, 1.82) is 0 Å². The van der Waals surface area contributed by atoms with Crippen LogP contribution in [0.5, 0.6) is 0 Å². The van der Waals surface area contributed by atoms with Crippen LogP contribution in [0.15, 0.2) is 224 Å². The van der Waals surface area contributed by atoms with E-state index < -0.39 is 0 Å². The largest absolute Gasteiger partial charge is 0.0760 e. The zero-order valence-electron chi connectivity index (χ0n) is 32.1. The third kappa shape index (κ3) is 5.77. The molecule has 10 aromatic rings. The number of rotatable bonds is 6. The van der Waals surface area contributed by atoms with Gasteiger partial charge in [0, 0.05) is 5.92 Å². The van der Waals surface area contributed by atoms with Gasteiger partial charge in [0.15, 0.2) is 0 Å². The Morgan fingerprint density at radius 3 is 1.05 bits per heavy atom. The number of allylic oxidation sites excluding steroid dienone is 4. The van der Waals surface area contributed by atoms with Crippen molar-refractivity contribution in [2.75, 3.05) is 0 Å². The van der Waals surface area contributed by atoms with E-state index in [9.17, 15) is 0 Å². The highest BCUT2D eigenvalue weighted by Crippen LogP contribution is 2.47. The van der Waals surface area contributed by atoms with E-state index in [1.54, 1.807) is 0 Å². The van der Waals surface area contributed by atoms with Gasteiger partial charge in [-0.25, -0.2) is 0 Å². The molecule has 1 aliphatic rings. The molecule has 0 N–H and O–H groups in total. The highest BCUT2D eigenvalue weighted by atomic mass is 14.3. The molecule has 58 heavy (non-hydrogen) atoms. The maximum atomic E-state index is 2.50. The molecule has 1 atom stereocenters. The third-order valence-electron chi connectivity index (χ3n) is 12.2. The Morgan fingerprint density at radius 2 is 0.638 bits per heavy atom. The molecule has 0 heteroatoms. The predicted octanol–water partition coefficient (Wildman–Crippen LogP) is 16.1. The molecule has 0 radical (unpaired) electrons. The lowest BCUT2D eigenvalue weighted by molar-refractivity contribution is 0.873. The van der Waals surface area contributed by atoms with Gasteiger partial charge in [0.05, 0.1) is 0 Å². The maximum absolute atomic E-state index is 2.50. The van der Waals surface area contributed by atoms with Gasteiger partial charge in [0.1, 0.15) is 0 Å². The second-order valence-electron chi connectivity index (χ2n) is 15.5. The first kappa shape index (κ1) is 34.0. The lowest BCUT2D eigenvalue weighted by Gasteiger charge is -2.24. The average molecular weight is 737 g/mol. The standard InChI is InChI=1S/C58H40/c1-3-17-39(18-4-1)43-21-15-23-45(37-43)57-51-29-11-7-25-47(51)55(48-26-8-12-30-52(48)57)41-33-35-42(36-34-41)56-49-27-9-13-31-53(49)58(54-32-14-10-28-50(54)56)46-24-16-22-44(38-46)40-19-5-2-6-20-40/h1-35,37-38,42H,36H2. The van der Waals surface area contributed by atoms with E-state index in [-0.39, 0.29) is 5.92 Å². The monoisotopic (exact) mass is 736 g/mol. The molecular weight excluding hydrogens is 697 g/mol. The quantitative estimate of drug-likeness (QED) is 0.149. The molecule has 0 nitrogen and oxygen atoms in total. The van der Waals surface area contributed by atoms with Gasteiger partial charge in [-0.3, -0.25) is 0 Å². The summed E-state index contributed by atoms with van der Waals surface area (Å²) in [5.74, 6) is 0.237. The van der Waals surface area contributed by atoms with Gasteiger partial charge in [-0.1, -0.05) is 212 Å². The fourth-order valence-corrected chi connectivity index (χ4v) is 9.61. The summed E-state index contributed by atoms with van der Waals surface area (Å²) >= 11 is 0. The lowest BCUT2D eigenvalue weighted by atomic mass is 9.79. The molecular formula is C58H40. The van der Waals surface area contributed by atoms with Crippen LogP contribution in [0.3, 0.4) is 0 Å². The minimum absolute atomic E-state index is 0.237. The molecule has 0 aromatic heterocycles. The van der Waals surface area contributed by atoms with Crippen LogP contribution in [-0.2, 0) is 0 Å². The summed E-state index contributed by atoms with van der Waals surface area (Å²) in [5, 5.41) is 10.4. The zero-order valence-corrected chi connectivity index (χ0v) is 32.1. The van der Waals surface area contributed by atoms with Crippen LogP contribution in [0.2, 0.25) is 0 Å². The number of hydrogen-bond acceptors (Lipinski definition) is 0. The van der Waals surface area contributed by atoms with Gasteiger partial charge in [-0.2, -0.15) is 0 Å². The van der Waals surface area contributed by atoms with Crippen molar-refractivity contribution in [2.45, 2.75) is 12.3 Å². The van der Waals surface area contributed by atoms with E-state index in [2.05, 4.69) is 224 Å². The number of benzene rings is 10. The van der Waals surface area contributed by atoms with E-state index in [0.29, 0.717) is 0 Å². The van der Waals surface area contributed by atoms with E-state index in [4.69, 9.17) is 0 Å². The Labute approximate surface area is 339 Å². The molecule has 0 fully saturated rings. The molecule has 0 heterocycles. The lowest BCUT2D eigenvalue weighted by Crippen LogP contribution is -2.03. The molecule has 0 saturated heterocycles. The molecule has 0 amide bonds. The first-order valence-corrected chi connectivity index (χ1v) is 20.4. The molecule has 0 aliphatic heterocycles. The van der Waals surface area contributed by atoms with Crippen molar-refractivity contribution in [3.05, 3.63) is 236 Å². The van der Waals surface area contributed by atoms with Crippen molar-refractivity contribution >= 4 is 48.7 Å². The average Bonchev–Trinajstić information content (AvgIpc) is 3.30. The van der Waals surface area contributed by atoms with Gasteiger partial charge in [0.25, 0.3) is 0 Å². The SMILES string of the molecule is C1=CC(c2c3ccccc3c(-c3cccc(-c4ccccc4)c3)c3ccccc23)CC=C1c1c2ccccc2c(-c2cccc(-c3ccccc3)c2)c2ccccc12. The van der Waals surface area contributed by atoms with E-state index in [1.165, 1.54) is 104 Å². The Kier molecular flexibility index (Phi) is 8.41. The zero-order chi connectivity index (χ0) is 38.4. The molecule has 11 rings (SSSR count). The topological polar surface area (TPSA) is 0 Å². The van der Waals surface area contributed by atoms with Crippen LogP contribution < -0.4 is 0 Å². The third-order valence-corrected chi connectivity index (χ3v) is 12.2. The fourth-order valence-electron chi connectivity index (χ4n) is 9.61. The molecule has 0 saturated carbocycles. The van der Waals surface area contributed by atoms with Crippen LogP contribution in [0, 0.1) is 0 Å². The summed E-state index contributed by atoms with van der Waals surface area (Å²) in [7, 11) is 0.